The summed E-state index contributed by atoms with van der Waals surface area (Å²) in [5.41, 5.74) is 3.07. The van der Waals surface area contributed by atoms with Gasteiger partial charge in [-0.15, -0.1) is 5.10 Å². The number of hydrogen-bond donors (Lipinski definition) is 1. The predicted molar refractivity (Wildman–Crippen MR) is 147 cm³/mol. The fourth-order valence-corrected chi connectivity index (χ4v) is 5.01. The number of amides is 1. The first-order valence-corrected chi connectivity index (χ1v) is 13.7. The van der Waals surface area contributed by atoms with E-state index >= 15 is 0 Å². The smallest absolute Gasteiger partial charge is 0.253 e. The van der Waals surface area contributed by atoms with Crippen LogP contribution in [0.2, 0.25) is 0 Å². The van der Waals surface area contributed by atoms with Crippen molar-refractivity contribution in [3.8, 4) is 17.2 Å². The van der Waals surface area contributed by atoms with Gasteiger partial charge in [0, 0.05) is 36.8 Å². The van der Waals surface area contributed by atoms with Gasteiger partial charge in [-0.3, -0.25) is 4.79 Å². The summed E-state index contributed by atoms with van der Waals surface area (Å²) in [5, 5.41) is 26.7. The minimum absolute atomic E-state index is 0.0286. The maximum atomic E-state index is 13.1. The summed E-state index contributed by atoms with van der Waals surface area (Å²) in [6.07, 6.45) is 6.99. The highest BCUT2D eigenvalue weighted by atomic mass is 79.9. The van der Waals surface area contributed by atoms with Gasteiger partial charge >= 0.3 is 0 Å². The fraction of sp³-hybridized carbons (Fsp3) is 0.250. The normalized spacial score (nSPS) is 14.0. The van der Waals surface area contributed by atoms with Crippen LogP contribution in [0.3, 0.4) is 0 Å². The lowest BCUT2D eigenvalue weighted by Crippen LogP contribution is -2.38. The van der Waals surface area contributed by atoms with E-state index in [1.165, 1.54) is 0 Å². The van der Waals surface area contributed by atoms with Crippen LogP contribution in [0, 0.1) is 0 Å². The molecule has 12 heteroatoms. The van der Waals surface area contributed by atoms with E-state index in [4.69, 9.17) is 9.26 Å². The van der Waals surface area contributed by atoms with Gasteiger partial charge in [0.05, 0.1) is 28.2 Å². The van der Waals surface area contributed by atoms with E-state index in [0.29, 0.717) is 42.4 Å². The number of aromatic nitrogens is 6. The number of piperidine rings is 1. The van der Waals surface area contributed by atoms with Crippen molar-refractivity contribution in [1.29, 1.82) is 0 Å². The Morgan fingerprint density at radius 3 is 2.65 bits per heavy atom. The fourth-order valence-electron chi connectivity index (χ4n) is 4.73. The monoisotopic (exact) mass is 603 g/mol. The highest BCUT2D eigenvalue weighted by Crippen LogP contribution is 2.29. The molecule has 1 amide bonds. The van der Waals surface area contributed by atoms with Gasteiger partial charge in [-0.2, -0.15) is 5.10 Å². The highest BCUT2D eigenvalue weighted by Gasteiger charge is 2.26. The maximum absolute atomic E-state index is 13.1. The number of ether oxygens (including phenoxy) is 1. The lowest BCUT2D eigenvalue weighted by molar-refractivity contribution is 0.0711. The van der Waals surface area contributed by atoms with Crippen LogP contribution >= 0.6 is 15.9 Å². The summed E-state index contributed by atoms with van der Waals surface area (Å²) < 4.78 is 15.5. The molecule has 0 saturated carbocycles. The summed E-state index contributed by atoms with van der Waals surface area (Å²) in [5.74, 6) is 1.40. The van der Waals surface area contributed by atoms with Crippen molar-refractivity contribution >= 4 is 21.8 Å². The summed E-state index contributed by atoms with van der Waals surface area (Å²) in [7, 11) is 0. The van der Waals surface area contributed by atoms with Gasteiger partial charge in [-0.25, -0.2) is 9.36 Å². The Morgan fingerprint density at radius 2 is 1.90 bits per heavy atom. The Labute approximate surface area is 238 Å². The third-order valence-electron chi connectivity index (χ3n) is 6.85. The zero-order chi connectivity index (χ0) is 27.5. The number of phenolic OH excluding ortho intramolecular Hbond substituents is 1. The van der Waals surface area contributed by atoms with Gasteiger partial charge in [0.1, 0.15) is 18.8 Å². The van der Waals surface area contributed by atoms with Crippen LogP contribution < -0.4 is 4.74 Å². The molecule has 0 aliphatic carbocycles. The Bertz CT molecular complexity index is 1600. The second kappa shape index (κ2) is 11.3. The van der Waals surface area contributed by atoms with Crippen LogP contribution in [0.1, 0.15) is 46.3 Å². The van der Waals surface area contributed by atoms with Crippen LogP contribution in [0.5, 0.6) is 11.5 Å². The minimum Gasteiger partial charge on any atom is -0.504 e. The molecule has 6 rings (SSSR count). The van der Waals surface area contributed by atoms with Crippen molar-refractivity contribution in [2.45, 2.75) is 31.9 Å². The van der Waals surface area contributed by atoms with E-state index in [-0.39, 0.29) is 24.2 Å². The molecule has 204 valence electrons. The molecule has 0 unspecified atom stereocenters. The summed E-state index contributed by atoms with van der Waals surface area (Å²) in [6, 6.07) is 16.2. The second-order valence-corrected chi connectivity index (χ2v) is 10.5. The minimum atomic E-state index is 0.0286. The second-order valence-electron chi connectivity index (χ2n) is 9.60. The lowest BCUT2D eigenvalue weighted by atomic mass is 9.93. The summed E-state index contributed by atoms with van der Waals surface area (Å²) >= 11 is 3.40. The maximum Gasteiger partial charge on any atom is 0.253 e. The van der Waals surface area contributed by atoms with Crippen molar-refractivity contribution < 1.29 is 19.2 Å². The summed E-state index contributed by atoms with van der Waals surface area (Å²) in [6.45, 7) is 1.88. The molecule has 1 N–H and O–H groups in total. The number of carbonyl (C=O) groups is 1. The number of carbonyl (C=O) groups excluding carboxylic acids is 1. The van der Waals surface area contributed by atoms with E-state index < -0.39 is 0 Å². The van der Waals surface area contributed by atoms with E-state index in [9.17, 15) is 9.90 Å². The Morgan fingerprint density at radius 1 is 1.10 bits per heavy atom. The number of aromatic hydroxyl groups is 1. The molecule has 1 aliphatic heterocycles. The molecule has 40 heavy (non-hydrogen) atoms. The molecule has 1 saturated heterocycles. The average Bonchev–Trinajstić information content (AvgIpc) is 3.74. The zero-order valence-corrected chi connectivity index (χ0v) is 23.0. The van der Waals surface area contributed by atoms with E-state index in [0.717, 1.165) is 28.7 Å². The molecule has 4 heterocycles. The van der Waals surface area contributed by atoms with Gasteiger partial charge < -0.3 is 19.3 Å². The molecular weight excluding hydrogens is 578 g/mol. The molecule has 0 bridgehead atoms. The summed E-state index contributed by atoms with van der Waals surface area (Å²) in [4.78, 5) is 15.0. The zero-order valence-electron chi connectivity index (χ0n) is 21.4. The molecule has 0 spiro atoms. The Balaban J connectivity index is 1.00. The van der Waals surface area contributed by atoms with Crippen molar-refractivity contribution in [2.75, 3.05) is 13.1 Å². The number of likely N-dealkylation sites (tertiary alicyclic amines) is 1. The van der Waals surface area contributed by atoms with Gasteiger partial charge in [0.15, 0.2) is 17.3 Å². The first-order chi connectivity index (χ1) is 19.5. The van der Waals surface area contributed by atoms with Gasteiger partial charge in [0.2, 0.25) is 0 Å². The van der Waals surface area contributed by atoms with Crippen LogP contribution in [0.25, 0.3) is 5.69 Å². The molecule has 1 fully saturated rings. The van der Waals surface area contributed by atoms with Crippen molar-refractivity contribution in [2.24, 2.45) is 0 Å². The standard InChI is InChI=1S/C28H26BrN7O4/c29-21-14-30-36(15-21)23-7-5-20(6-8-23)28(38)34-11-9-19(10-12-34)25-13-24(40-32-25)17-35-16-22(31-33-35)18-39-27-4-2-1-3-26(27)37/h1-8,13-16,19,37H,9-12,17-18H2. The Hall–Kier alpha value is -4.45. The first-order valence-electron chi connectivity index (χ1n) is 12.9. The van der Waals surface area contributed by atoms with E-state index in [1.54, 1.807) is 46.0 Å². The molecule has 2 aromatic carbocycles. The predicted octanol–water partition coefficient (Wildman–Crippen LogP) is 4.57. The van der Waals surface area contributed by atoms with Crippen molar-refractivity contribution in [1.82, 2.24) is 34.8 Å². The molecule has 5 aromatic rings. The van der Waals surface area contributed by atoms with E-state index in [2.05, 4.69) is 36.5 Å². The van der Waals surface area contributed by atoms with Gasteiger partial charge in [-0.1, -0.05) is 22.5 Å². The van der Waals surface area contributed by atoms with Crippen molar-refractivity contribution in [3.05, 3.63) is 100 Å². The van der Waals surface area contributed by atoms with Crippen LogP contribution in [0.15, 0.2) is 82.2 Å². The largest absolute Gasteiger partial charge is 0.504 e. The quantitative estimate of drug-likeness (QED) is 0.273. The third-order valence-corrected chi connectivity index (χ3v) is 7.26. The SMILES string of the molecule is O=C(c1ccc(-n2cc(Br)cn2)cc1)N1CCC(c2cc(Cn3cc(COc4ccccc4O)nn3)on2)CC1. The number of phenols is 1. The van der Waals surface area contributed by atoms with Gasteiger partial charge in [-0.05, 0) is 65.2 Å². The van der Waals surface area contributed by atoms with Crippen LogP contribution in [0.4, 0.5) is 0 Å². The Kier molecular flexibility index (Phi) is 7.32. The third kappa shape index (κ3) is 5.76. The first kappa shape index (κ1) is 25.8. The molecule has 0 atom stereocenters. The number of nitrogens with zero attached hydrogens (tertiary/aromatic N) is 7. The van der Waals surface area contributed by atoms with E-state index in [1.807, 2.05) is 41.4 Å². The average molecular weight is 604 g/mol. The number of hydrogen-bond acceptors (Lipinski definition) is 8. The number of benzene rings is 2. The molecule has 1 aliphatic rings. The van der Waals surface area contributed by atoms with Crippen LogP contribution in [-0.2, 0) is 13.2 Å². The molecular formula is C28H26BrN7O4. The number of rotatable bonds is 8. The lowest BCUT2D eigenvalue weighted by Gasteiger charge is -2.31. The molecule has 0 radical (unpaired) electrons. The van der Waals surface area contributed by atoms with Gasteiger partial charge in [0.25, 0.3) is 5.91 Å². The topological polar surface area (TPSA) is 124 Å². The highest BCUT2D eigenvalue weighted by molar-refractivity contribution is 9.10. The van der Waals surface area contributed by atoms with Crippen molar-refractivity contribution in [3.63, 3.8) is 0 Å². The molecule has 3 aromatic heterocycles. The molecule has 11 nitrogen and oxygen atoms in total. The van der Waals surface area contributed by atoms with Crippen LogP contribution in [-0.4, -0.2) is 58.9 Å². The number of para-hydroxylation sites is 2. The number of halogens is 1.